The Morgan fingerprint density at radius 1 is 1.41 bits per heavy atom. The number of thiazole rings is 1. The van der Waals surface area contributed by atoms with Gasteiger partial charge in [0.2, 0.25) is 0 Å². The molecule has 2 rings (SSSR count). The molecule has 6 heteroatoms. The van der Waals surface area contributed by atoms with Gasteiger partial charge in [-0.3, -0.25) is 4.79 Å². The normalized spacial score (nSPS) is 10.1. The number of anilines is 1. The van der Waals surface area contributed by atoms with Crippen molar-refractivity contribution in [2.45, 2.75) is 6.54 Å². The summed E-state index contributed by atoms with van der Waals surface area (Å²) in [6.45, 7) is 0.588. The summed E-state index contributed by atoms with van der Waals surface area (Å²) >= 11 is 6.03. The molecule has 0 spiro atoms. The van der Waals surface area contributed by atoms with Crippen molar-refractivity contribution in [3.05, 3.63) is 50.6 Å². The van der Waals surface area contributed by atoms with Gasteiger partial charge in [-0.05, 0) is 24.3 Å². The minimum absolute atomic E-state index is 0.0365. The van der Waals surface area contributed by atoms with E-state index in [1.807, 2.05) is 24.3 Å². The molecule has 0 unspecified atom stereocenters. The standard InChI is InChI=1S/C11H11N3OS2/c12-10(16)7-1-3-8(4-2-7)13-5-9-6-17-11(15)14-9/h1-4,6,13H,5H2,(H2,12,16)(H,14,15). The lowest BCUT2D eigenvalue weighted by Gasteiger charge is -2.05. The Kier molecular flexibility index (Phi) is 3.55. The summed E-state index contributed by atoms with van der Waals surface area (Å²) in [4.78, 5) is 14.0. The third-order valence-electron chi connectivity index (χ3n) is 2.22. The van der Waals surface area contributed by atoms with E-state index in [0.717, 1.165) is 28.3 Å². The second kappa shape index (κ2) is 5.11. The lowest BCUT2D eigenvalue weighted by molar-refractivity contribution is 1.06. The highest BCUT2D eigenvalue weighted by Gasteiger charge is 1.98. The highest BCUT2D eigenvalue weighted by Crippen LogP contribution is 2.10. The number of H-pyrrole nitrogens is 1. The summed E-state index contributed by atoms with van der Waals surface area (Å²) in [7, 11) is 0. The van der Waals surface area contributed by atoms with Gasteiger partial charge in [-0.15, -0.1) is 0 Å². The number of rotatable bonds is 4. The van der Waals surface area contributed by atoms with Crippen molar-refractivity contribution in [1.82, 2.24) is 4.98 Å². The average Bonchev–Trinajstić information content (AvgIpc) is 2.73. The average molecular weight is 265 g/mol. The van der Waals surface area contributed by atoms with Gasteiger partial charge in [0.1, 0.15) is 4.99 Å². The Hall–Kier alpha value is -1.66. The van der Waals surface area contributed by atoms with Crippen LogP contribution in [0.4, 0.5) is 5.69 Å². The predicted molar refractivity (Wildman–Crippen MR) is 74.6 cm³/mol. The maximum absolute atomic E-state index is 10.9. The zero-order valence-corrected chi connectivity index (χ0v) is 10.5. The van der Waals surface area contributed by atoms with E-state index in [0.29, 0.717) is 11.5 Å². The van der Waals surface area contributed by atoms with E-state index in [1.54, 1.807) is 5.38 Å². The predicted octanol–water partition coefficient (Wildman–Crippen LogP) is 1.68. The second-order valence-corrected chi connectivity index (χ2v) is 4.75. The van der Waals surface area contributed by atoms with Crippen LogP contribution in [0.1, 0.15) is 11.3 Å². The van der Waals surface area contributed by atoms with Crippen LogP contribution in [0.2, 0.25) is 0 Å². The highest BCUT2D eigenvalue weighted by molar-refractivity contribution is 7.80. The summed E-state index contributed by atoms with van der Waals surface area (Å²) in [6.07, 6.45) is 0. The molecule has 1 aromatic heterocycles. The largest absolute Gasteiger partial charge is 0.389 e. The minimum atomic E-state index is -0.0365. The van der Waals surface area contributed by atoms with Crippen LogP contribution in [0.5, 0.6) is 0 Å². The first kappa shape index (κ1) is 11.8. The van der Waals surface area contributed by atoms with Crippen molar-refractivity contribution in [2.24, 2.45) is 5.73 Å². The summed E-state index contributed by atoms with van der Waals surface area (Å²) in [5.74, 6) is 0. The number of aromatic nitrogens is 1. The van der Waals surface area contributed by atoms with Crippen LogP contribution >= 0.6 is 23.6 Å². The number of thiocarbonyl (C=S) groups is 1. The van der Waals surface area contributed by atoms with Gasteiger partial charge >= 0.3 is 4.87 Å². The molecular weight excluding hydrogens is 254 g/mol. The van der Waals surface area contributed by atoms with Crippen LogP contribution in [-0.2, 0) is 6.54 Å². The third kappa shape index (κ3) is 3.15. The van der Waals surface area contributed by atoms with E-state index in [2.05, 4.69) is 10.3 Å². The molecule has 0 aliphatic heterocycles. The molecule has 1 heterocycles. The number of aromatic amines is 1. The van der Waals surface area contributed by atoms with E-state index in [9.17, 15) is 4.79 Å². The molecule has 88 valence electrons. The van der Waals surface area contributed by atoms with E-state index in [-0.39, 0.29) is 4.87 Å². The Labute approximate surface area is 107 Å². The molecule has 0 bridgehead atoms. The summed E-state index contributed by atoms with van der Waals surface area (Å²) in [6, 6.07) is 7.53. The van der Waals surface area contributed by atoms with E-state index in [4.69, 9.17) is 18.0 Å². The topological polar surface area (TPSA) is 70.9 Å². The molecule has 0 aliphatic rings. The molecule has 0 radical (unpaired) electrons. The maximum atomic E-state index is 10.9. The summed E-state index contributed by atoms with van der Waals surface area (Å²) < 4.78 is 0. The first-order chi connectivity index (χ1) is 8.15. The fraction of sp³-hybridized carbons (Fsp3) is 0.0909. The van der Waals surface area contributed by atoms with Gasteiger partial charge in [-0.25, -0.2) is 0 Å². The van der Waals surface area contributed by atoms with Crippen molar-refractivity contribution < 1.29 is 0 Å². The van der Waals surface area contributed by atoms with Gasteiger partial charge in [-0.2, -0.15) is 0 Å². The van der Waals surface area contributed by atoms with Gasteiger partial charge in [-0.1, -0.05) is 23.6 Å². The molecule has 17 heavy (non-hydrogen) atoms. The molecule has 1 aromatic carbocycles. The van der Waals surface area contributed by atoms with E-state index >= 15 is 0 Å². The smallest absolute Gasteiger partial charge is 0.304 e. The zero-order valence-electron chi connectivity index (χ0n) is 8.90. The van der Waals surface area contributed by atoms with Gasteiger partial charge in [0.05, 0.1) is 6.54 Å². The first-order valence-electron chi connectivity index (χ1n) is 4.95. The fourth-order valence-corrected chi connectivity index (χ4v) is 2.07. The van der Waals surface area contributed by atoms with Gasteiger partial charge < -0.3 is 16.0 Å². The van der Waals surface area contributed by atoms with Crippen LogP contribution in [0.25, 0.3) is 0 Å². The molecule has 0 saturated carbocycles. The lowest BCUT2D eigenvalue weighted by atomic mass is 10.2. The van der Waals surface area contributed by atoms with Crippen molar-refractivity contribution in [3.63, 3.8) is 0 Å². The Morgan fingerprint density at radius 2 is 2.12 bits per heavy atom. The number of hydrogen-bond acceptors (Lipinski definition) is 4. The fourth-order valence-electron chi connectivity index (χ4n) is 1.35. The molecule has 4 nitrogen and oxygen atoms in total. The van der Waals surface area contributed by atoms with Gasteiger partial charge in [0.15, 0.2) is 0 Å². The molecule has 2 aromatic rings. The van der Waals surface area contributed by atoms with Crippen molar-refractivity contribution in [2.75, 3.05) is 5.32 Å². The van der Waals surface area contributed by atoms with Crippen molar-refractivity contribution >= 4 is 34.2 Å². The number of hydrogen-bond donors (Lipinski definition) is 3. The van der Waals surface area contributed by atoms with E-state index < -0.39 is 0 Å². The first-order valence-corrected chi connectivity index (χ1v) is 6.24. The van der Waals surface area contributed by atoms with Crippen LogP contribution in [-0.4, -0.2) is 9.97 Å². The minimum Gasteiger partial charge on any atom is -0.389 e. The monoisotopic (exact) mass is 265 g/mol. The molecule has 0 atom stereocenters. The Balaban J connectivity index is 2.00. The lowest BCUT2D eigenvalue weighted by Crippen LogP contribution is -2.09. The van der Waals surface area contributed by atoms with Crippen molar-refractivity contribution in [1.29, 1.82) is 0 Å². The molecule has 0 aliphatic carbocycles. The van der Waals surface area contributed by atoms with Crippen LogP contribution in [0.15, 0.2) is 34.4 Å². The Morgan fingerprint density at radius 3 is 2.65 bits per heavy atom. The van der Waals surface area contributed by atoms with E-state index in [1.165, 1.54) is 0 Å². The highest BCUT2D eigenvalue weighted by atomic mass is 32.1. The van der Waals surface area contributed by atoms with Crippen LogP contribution in [0, 0.1) is 0 Å². The number of benzene rings is 1. The maximum Gasteiger partial charge on any atom is 0.304 e. The quantitative estimate of drug-likeness (QED) is 0.736. The molecule has 0 fully saturated rings. The third-order valence-corrected chi connectivity index (χ3v) is 3.18. The Bertz CT molecular complexity index is 571. The van der Waals surface area contributed by atoms with Crippen molar-refractivity contribution in [3.8, 4) is 0 Å². The van der Waals surface area contributed by atoms with Gasteiger partial charge in [0.25, 0.3) is 0 Å². The second-order valence-electron chi connectivity index (χ2n) is 3.47. The number of nitrogens with two attached hydrogens (primary N) is 1. The molecule has 0 amide bonds. The summed E-state index contributed by atoms with van der Waals surface area (Å²) in [5.41, 5.74) is 8.18. The van der Waals surface area contributed by atoms with Crippen LogP contribution < -0.4 is 15.9 Å². The number of nitrogens with one attached hydrogen (secondary N) is 2. The van der Waals surface area contributed by atoms with Gasteiger partial charge in [0, 0.05) is 22.3 Å². The molecular formula is C11H11N3OS2. The SMILES string of the molecule is NC(=S)c1ccc(NCc2csc(=O)[nH]2)cc1. The summed E-state index contributed by atoms with van der Waals surface area (Å²) in [5, 5.41) is 5.00. The zero-order chi connectivity index (χ0) is 12.3. The van der Waals surface area contributed by atoms with Crippen LogP contribution in [0.3, 0.4) is 0 Å². The molecule has 4 N–H and O–H groups in total. The molecule has 0 saturated heterocycles.